The first kappa shape index (κ1) is 20.1. The van der Waals surface area contributed by atoms with Crippen molar-refractivity contribution in [2.75, 3.05) is 6.54 Å². The Morgan fingerprint density at radius 3 is 2.73 bits per heavy atom. The average molecular weight is 405 g/mol. The lowest BCUT2D eigenvalue weighted by molar-refractivity contribution is -0.128. The molecule has 1 aromatic heterocycles. The number of imidazole rings is 1. The van der Waals surface area contributed by atoms with Crippen molar-refractivity contribution in [3.8, 4) is 5.69 Å². The summed E-state index contributed by atoms with van der Waals surface area (Å²) in [5.41, 5.74) is 5.62. The molecule has 2 aliphatic heterocycles. The lowest BCUT2D eigenvalue weighted by atomic mass is 9.72. The summed E-state index contributed by atoms with van der Waals surface area (Å²) in [5, 5.41) is 9.44. The highest BCUT2D eigenvalue weighted by atomic mass is 16.4. The van der Waals surface area contributed by atoms with Crippen LogP contribution in [0.3, 0.4) is 0 Å². The zero-order valence-electron chi connectivity index (χ0n) is 17.7. The van der Waals surface area contributed by atoms with E-state index in [0.29, 0.717) is 12.0 Å². The summed E-state index contributed by atoms with van der Waals surface area (Å²) < 4.78 is 2.08. The summed E-state index contributed by atoms with van der Waals surface area (Å²) in [4.78, 5) is 30.1. The minimum Gasteiger partial charge on any atom is -0.465 e. The van der Waals surface area contributed by atoms with E-state index in [4.69, 9.17) is 0 Å². The number of likely N-dealkylation sites (tertiary alicyclic amines) is 1. The Kier molecular flexibility index (Phi) is 4.88. The molecule has 1 unspecified atom stereocenters. The molecule has 6 heteroatoms. The molecule has 1 saturated heterocycles. The number of rotatable bonds is 2. The standard InChI is InChI=1S/C24H27N3O3/c1-5-15-7-6-8-20-16(15)9-10-21-19(25-14-27(20)21)13-17-18(24(2,3)4)11-12-26(22(17)28)23(29)30/h5-8,13-14,18H,1,9-12H2,2-4H3,(H,29,30). The first-order chi connectivity index (χ1) is 14.2. The van der Waals surface area contributed by atoms with Gasteiger partial charge in [-0.2, -0.15) is 0 Å². The molecule has 2 amide bonds. The molecule has 6 nitrogen and oxygen atoms in total. The van der Waals surface area contributed by atoms with E-state index in [1.165, 1.54) is 5.56 Å². The highest BCUT2D eigenvalue weighted by Gasteiger charge is 2.40. The zero-order chi connectivity index (χ0) is 21.6. The molecule has 0 radical (unpaired) electrons. The summed E-state index contributed by atoms with van der Waals surface area (Å²) in [6, 6.07) is 6.14. The van der Waals surface area contributed by atoms with Crippen LogP contribution in [0, 0.1) is 11.3 Å². The molecule has 1 fully saturated rings. The lowest BCUT2D eigenvalue weighted by Gasteiger charge is -2.38. The van der Waals surface area contributed by atoms with Gasteiger partial charge >= 0.3 is 6.09 Å². The summed E-state index contributed by atoms with van der Waals surface area (Å²) in [7, 11) is 0. The summed E-state index contributed by atoms with van der Waals surface area (Å²) in [6.07, 6.45) is 6.58. The molecule has 2 aromatic rings. The van der Waals surface area contributed by atoms with Gasteiger partial charge in [-0.3, -0.25) is 4.79 Å². The van der Waals surface area contributed by atoms with Gasteiger partial charge in [0.1, 0.15) is 6.33 Å². The third-order valence-electron chi connectivity index (χ3n) is 6.25. The molecule has 0 saturated carbocycles. The maximum atomic E-state index is 13.0. The molecule has 1 atom stereocenters. The largest absolute Gasteiger partial charge is 0.465 e. The number of fused-ring (bicyclic) bond motifs is 3. The molecule has 2 aliphatic rings. The van der Waals surface area contributed by atoms with Crippen molar-refractivity contribution in [1.29, 1.82) is 0 Å². The topological polar surface area (TPSA) is 75.4 Å². The van der Waals surface area contributed by atoms with Crippen molar-refractivity contribution in [3.63, 3.8) is 0 Å². The summed E-state index contributed by atoms with van der Waals surface area (Å²) in [6.45, 7) is 10.4. The van der Waals surface area contributed by atoms with Gasteiger partial charge in [0.2, 0.25) is 0 Å². The van der Waals surface area contributed by atoms with E-state index in [9.17, 15) is 14.7 Å². The second-order valence-corrected chi connectivity index (χ2v) is 9.04. The van der Waals surface area contributed by atoms with Gasteiger partial charge in [0, 0.05) is 12.1 Å². The number of imide groups is 1. The van der Waals surface area contributed by atoms with Crippen molar-refractivity contribution in [2.24, 2.45) is 11.3 Å². The van der Waals surface area contributed by atoms with Crippen LogP contribution in [-0.2, 0) is 17.6 Å². The number of amides is 2. The second-order valence-electron chi connectivity index (χ2n) is 9.04. The van der Waals surface area contributed by atoms with Crippen molar-refractivity contribution in [3.05, 3.63) is 59.2 Å². The van der Waals surface area contributed by atoms with Crippen LogP contribution < -0.4 is 0 Å². The van der Waals surface area contributed by atoms with Crippen molar-refractivity contribution in [1.82, 2.24) is 14.5 Å². The Balaban J connectivity index is 1.81. The van der Waals surface area contributed by atoms with Gasteiger partial charge in [-0.15, -0.1) is 0 Å². The molecule has 30 heavy (non-hydrogen) atoms. The van der Waals surface area contributed by atoms with Crippen LogP contribution in [0.1, 0.15) is 49.7 Å². The Morgan fingerprint density at radius 1 is 1.30 bits per heavy atom. The van der Waals surface area contributed by atoms with Crippen LogP contribution in [0.5, 0.6) is 0 Å². The average Bonchev–Trinajstić information content (AvgIpc) is 3.11. The molecule has 0 aliphatic carbocycles. The normalized spacial score (nSPS) is 20.1. The van der Waals surface area contributed by atoms with Gasteiger partial charge in [-0.05, 0) is 53.9 Å². The van der Waals surface area contributed by atoms with E-state index < -0.39 is 12.0 Å². The van der Waals surface area contributed by atoms with E-state index in [-0.39, 0.29) is 17.9 Å². The predicted molar refractivity (Wildman–Crippen MR) is 116 cm³/mol. The zero-order valence-corrected chi connectivity index (χ0v) is 17.7. The van der Waals surface area contributed by atoms with Crippen LogP contribution >= 0.6 is 0 Å². The van der Waals surface area contributed by atoms with Crippen molar-refractivity contribution >= 4 is 24.2 Å². The van der Waals surface area contributed by atoms with E-state index in [0.717, 1.165) is 40.4 Å². The Bertz CT molecular complexity index is 1070. The van der Waals surface area contributed by atoms with Crippen LogP contribution in [-0.4, -0.2) is 38.1 Å². The number of piperidine rings is 1. The minimum atomic E-state index is -1.20. The number of aromatic nitrogens is 2. The monoisotopic (exact) mass is 405 g/mol. The van der Waals surface area contributed by atoms with Crippen LogP contribution in [0.15, 0.2) is 36.7 Å². The van der Waals surface area contributed by atoms with Gasteiger partial charge in [-0.25, -0.2) is 14.7 Å². The Hall–Kier alpha value is -3.15. The smallest absolute Gasteiger partial charge is 0.414 e. The lowest BCUT2D eigenvalue weighted by Crippen LogP contribution is -2.46. The molecular formula is C24H27N3O3. The molecule has 156 valence electrons. The third kappa shape index (κ3) is 3.26. The number of carbonyl (C=O) groups is 2. The maximum absolute atomic E-state index is 13.0. The Labute approximate surface area is 176 Å². The molecule has 1 N–H and O–H groups in total. The fourth-order valence-corrected chi connectivity index (χ4v) is 4.70. The van der Waals surface area contributed by atoms with E-state index >= 15 is 0 Å². The number of carboxylic acid groups (broad SMARTS) is 1. The van der Waals surface area contributed by atoms with E-state index in [1.807, 2.05) is 18.2 Å². The molecule has 0 bridgehead atoms. The molecule has 1 aromatic carbocycles. The molecule has 4 rings (SSSR count). The Morgan fingerprint density at radius 2 is 2.07 bits per heavy atom. The highest BCUT2D eigenvalue weighted by molar-refractivity contribution is 6.06. The van der Waals surface area contributed by atoms with E-state index in [1.54, 1.807) is 6.33 Å². The van der Waals surface area contributed by atoms with Gasteiger partial charge in [0.25, 0.3) is 5.91 Å². The fraction of sp³-hybridized carbons (Fsp3) is 0.375. The first-order valence-electron chi connectivity index (χ1n) is 10.3. The SMILES string of the molecule is C=Cc1cccc2c1CCc1c(C=C3C(=O)N(C(=O)O)CCC3C(C)(C)C)ncn1-2. The van der Waals surface area contributed by atoms with E-state index in [2.05, 4.69) is 49.0 Å². The number of hydrogen-bond acceptors (Lipinski definition) is 3. The van der Waals surface area contributed by atoms with Gasteiger partial charge in [-0.1, -0.05) is 45.6 Å². The number of benzene rings is 1. The van der Waals surface area contributed by atoms with Gasteiger partial charge in [0.05, 0.1) is 17.1 Å². The van der Waals surface area contributed by atoms with Crippen LogP contribution in [0.2, 0.25) is 0 Å². The van der Waals surface area contributed by atoms with Crippen molar-refractivity contribution < 1.29 is 14.7 Å². The third-order valence-corrected chi connectivity index (χ3v) is 6.25. The fourth-order valence-electron chi connectivity index (χ4n) is 4.70. The number of nitrogens with zero attached hydrogens (tertiary/aromatic N) is 3. The van der Waals surface area contributed by atoms with Gasteiger partial charge in [0.15, 0.2) is 0 Å². The van der Waals surface area contributed by atoms with Gasteiger partial charge < -0.3 is 9.67 Å². The molecular weight excluding hydrogens is 378 g/mol. The highest BCUT2D eigenvalue weighted by Crippen LogP contribution is 2.40. The van der Waals surface area contributed by atoms with Crippen molar-refractivity contribution in [2.45, 2.75) is 40.0 Å². The first-order valence-corrected chi connectivity index (χ1v) is 10.3. The summed E-state index contributed by atoms with van der Waals surface area (Å²) >= 11 is 0. The molecule has 0 spiro atoms. The quantitative estimate of drug-likeness (QED) is 0.743. The summed E-state index contributed by atoms with van der Waals surface area (Å²) in [5.74, 6) is -0.457. The molecule has 3 heterocycles. The predicted octanol–water partition coefficient (Wildman–Crippen LogP) is 4.57. The maximum Gasteiger partial charge on any atom is 0.414 e. The van der Waals surface area contributed by atoms with Crippen LogP contribution in [0.4, 0.5) is 4.79 Å². The number of carbonyl (C=O) groups excluding carboxylic acids is 1. The number of hydrogen-bond donors (Lipinski definition) is 1. The second kappa shape index (κ2) is 7.27. The van der Waals surface area contributed by atoms with Crippen LogP contribution in [0.25, 0.3) is 17.8 Å². The minimum absolute atomic E-state index is 0.0267.